The Balaban J connectivity index is 1.58. The Labute approximate surface area is 190 Å². The summed E-state index contributed by atoms with van der Waals surface area (Å²) in [4.78, 5) is 16.7. The first-order chi connectivity index (χ1) is 15.6. The van der Waals surface area contributed by atoms with E-state index in [2.05, 4.69) is 20.5 Å². The number of carbonyl (C=O) groups excluding carboxylic acids is 1. The number of ether oxygens (including phenoxy) is 1. The van der Waals surface area contributed by atoms with Crippen LogP contribution in [-0.4, -0.2) is 38.0 Å². The van der Waals surface area contributed by atoms with E-state index < -0.39 is 0 Å². The van der Waals surface area contributed by atoms with Crippen molar-refractivity contribution in [3.05, 3.63) is 78.6 Å². The van der Waals surface area contributed by atoms with Crippen LogP contribution >= 0.6 is 11.8 Å². The van der Waals surface area contributed by atoms with Crippen LogP contribution in [0.15, 0.2) is 78.2 Å². The molecule has 0 aliphatic carbocycles. The number of nitrogens with zero attached hydrogens (tertiary/aromatic N) is 4. The molecule has 4 rings (SSSR count). The van der Waals surface area contributed by atoms with E-state index in [4.69, 9.17) is 4.74 Å². The van der Waals surface area contributed by atoms with Gasteiger partial charge in [-0.3, -0.25) is 14.3 Å². The molecule has 2 heterocycles. The number of benzene rings is 2. The zero-order chi connectivity index (χ0) is 22.3. The van der Waals surface area contributed by atoms with E-state index in [-0.39, 0.29) is 11.7 Å². The Bertz CT molecular complexity index is 1180. The van der Waals surface area contributed by atoms with Crippen molar-refractivity contribution in [2.24, 2.45) is 0 Å². The Hall–Kier alpha value is -3.65. The molecule has 162 valence electrons. The lowest BCUT2D eigenvalue weighted by Gasteiger charge is -2.11. The first-order valence-corrected chi connectivity index (χ1v) is 11.2. The number of pyridine rings is 1. The molecule has 0 bridgehead atoms. The average Bonchev–Trinajstić information content (AvgIpc) is 3.24. The molecular weight excluding hydrogens is 422 g/mol. The molecule has 0 saturated heterocycles. The maximum Gasteiger partial charge on any atom is 0.234 e. The predicted molar refractivity (Wildman–Crippen MR) is 126 cm³/mol. The highest BCUT2D eigenvalue weighted by Crippen LogP contribution is 2.28. The Kier molecular flexibility index (Phi) is 6.81. The lowest BCUT2D eigenvalue weighted by Crippen LogP contribution is -2.14. The van der Waals surface area contributed by atoms with E-state index in [1.54, 1.807) is 12.4 Å². The number of amides is 1. The van der Waals surface area contributed by atoms with Crippen LogP contribution in [0.2, 0.25) is 0 Å². The summed E-state index contributed by atoms with van der Waals surface area (Å²) < 4.78 is 7.48. The molecule has 0 unspecified atom stereocenters. The second kappa shape index (κ2) is 10.1. The molecular formula is C24H23N5O2S. The second-order valence-corrected chi connectivity index (χ2v) is 7.96. The number of thioether (sulfide) groups is 1. The monoisotopic (exact) mass is 445 g/mol. The number of anilines is 1. The molecule has 0 saturated carbocycles. The highest BCUT2D eigenvalue weighted by molar-refractivity contribution is 7.99. The van der Waals surface area contributed by atoms with Crippen molar-refractivity contribution in [3.63, 3.8) is 0 Å². The van der Waals surface area contributed by atoms with Gasteiger partial charge in [-0.2, -0.15) is 0 Å². The van der Waals surface area contributed by atoms with E-state index in [1.807, 2.05) is 79.1 Å². The van der Waals surface area contributed by atoms with Gasteiger partial charge in [0.2, 0.25) is 5.91 Å². The normalized spacial score (nSPS) is 10.7. The fourth-order valence-corrected chi connectivity index (χ4v) is 3.85. The fourth-order valence-electron chi connectivity index (χ4n) is 3.10. The third kappa shape index (κ3) is 5.15. The van der Waals surface area contributed by atoms with Gasteiger partial charge in [0.25, 0.3) is 0 Å². The molecule has 2 aromatic carbocycles. The summed E-state index contributed by atoms with van der Waals surface area (Å²) in [6.07, 6.45) is 3.46. The number of aryl methyl sites for hydroxylation is 1. The molecule has 4 aromatic rings. The summed E-state index contributed by atoms with van der Waals surface area (Å²) in [6, 6.07) is 19.2. The van der Waals surface area contributed by atoms with Crippen molar-refractivity contribution in [2.75, 3.05) is 17.7 Å². The van der Waals surface area contributed by atoms with Crippen molar-refractivity contribution in [3.8, 4) is 22.8 Å². The van der Waals surface area contributed by atoms with Crippen molar-refractivity contribution < 1.29 is 9.53 Å². The quantitative estimate of drug-likeness (QED) is 0.394. The average molecular weight is 446 g/mol. The summed E-state index contributed by atoms with van der Waals surface area (Å²) in [5, 5.41) is 12.3. The van der Waals surface area contributed by atoms with E-state index in [9.17, 15) is 4.79 Å². The van der Waals surface area contributed by atoms with Gasteiger partial charge in [-0.15, -0.1) is 10.2 Å². The van der Waals surface area contributed by atoms with Crippen LogP contribution in [0.25, 0.3) is 17.1 Å². The van der Waals surface area contributed by atoms with Crippen molar-refractivity contribution in [1.29, 1.82) is 0 Å². The van der Waals surface area contributed by atoms with E-state index in [0.29, 0.717) is 17.6 Å². The first kappa shape index (κ1) is 21.6. The van der Waals surface area contributed by atoms with Gasteiger partial charge in [0.05, 0.1) is 12.4 Å². The van der Waals surface area contributed by atoms with Crippen LogP contribution in [0.1, 0.15) is 12.5 Å². The SMILES string of the molecule is CCOc1ccc(-n2c(SCC(=O)Nc3ccc(C)cc3)nnc2-c2cccnc2)cc1. The van der Waals surface area contributed by atoms with Crippen molar-refractivity contribution in [2.45, 2.75) is 19.0 Å². The lowest BCUT2D eigenvalue weighted by atomic mass is 10.2. The van der Waals surface area contributed by atoms with Gasteiger partial charge in [0, 0.05) is 29.3 Å². The minimum absolute atomic E-state index is 0.108. The lowest BCUT2D eigenvalue weighted by molar-refractivity contribution is -0.113. The van der Waals surface area contributed by atoms with Crippen LogP contribution in [-0.2, 0) is 4.79 Å². The molecule has 2 aromatic heterocycles. The third-order valence-electron chi connectivity index (χ3n) is 4.63. The molecule has 1 N–H and O–H groups in total. The zero-order valence-corrected chi connectivity index (χ0v) is 18.7. The molecule has 0 aliphatic heterocycles. The minimum Gasteiger partial charge on any atom is -0.494 e. The summed E-state index contributed by atoms with van der Waals surface area (Å²) in [6.45, 7) is 4.56. The molecule has 0 fully saturated rings. The van der Waals surface area contributed by atoms with Crippen LogP contribution in [0.4, 0.5) is 5.69 Å². The van der Waals surface area contributed by atoms with E-state index in [0.717, 1.165) is 28.3 Å². The third-order valence-corrected chi connectivity index (χ3v) is 5.56. The zero-order valence-electron chi connectivity index (χ0n) is 17.9. The van der Waals surface area contributed by atoms with Crippen molar-refractivity contribution in [1.82, 2.24) is 19.7 Å². The fraction of sp³-hybridized carbons (Fsp3) is 0.167. The molecule has 8 heteroatoms. The highest BCUT2D eigenvalue weighted by Gasteiger charge is 2.17. The Morgan fingerprint density at radius 3 is 2.53 bits per heavy atom. The van der Waals surface area contributed by atoms with E-state index in [1.165, 1.54) is 11.8 Å². The largest absolute Gasteiger partial charge is 0.494 e. The molecule has 32 heavy (non-hydrogen) atoms. The maximum atomic E-state index is 12.5. The van der Waals surface area contributed by atoms with Gasteiger partial charge in [-0.1, -0.05) is 29.5 Å². The number of aromatic nitrogens is 4. The molecule has 0 spiro atoms. The maximum absolute atomic E-state index is 12.5. The molecule has 0 radical (unpaired) electrons. The van der Waals surface area contributed by atoms with Crippen LogP contribution in [0.3, 0.4) is 0 Å². The number of rotatable bonds is 8. The number of carbonyl (C=O) groups is 1. The highest BCUT2D eigenvalue weighted by atomic mass is 32.2. The van der Waals surface area contributed by atoms with E-state index >= 15 is 0 Å². The topological polar surface area (TPSA) is 81.9 Å². The summed E-state index contributed by atoms with van der Waals surface area (Å²) in [5.74, 6) is 1.54. The van der Waals surface area contributed by atoms with Gasteiger partial charge < -0.3 is 10.1 Å². The second-order valence-electron chi connectivity index (χ2n) is 7.01. The van der Waals surface area contributed by atoms with Gasteiger partial charge >= 0.3 is 0 Å². The standard InChI is InChI=1S/C24H23N5O2S/c1-3-31-21-12-10-20(11-13-21)29-23(18-5-4-14-25-15-18)27-28-24(29)32-16-22(30)26-19-8-6-17(2)7-9-19/h4-15H,3,16H2,1-2H3,(H,26,30). The number of nitrogens with one attached hydrogen (secondary N) is 1. The van der Waals surface area contributed by atoms with Crippen LogP contribution < -0.4 is 10.1 Å². The summed E-state index contributed by atoms with van der Waals surface area (Å²) >= 11 is 1.33. The number of hydrogen-bond acceptors (Lipinski definition) is 6. The van der Waals surface area contributed by atoms with Crippen LogP contribution in [0.5, 0.6) is 5.75 Å². The molecule has 1 amide bonds. The van der Waals surface area contributed by atoms with Gasteiger partial charge in [-0.05, 0) is 62.4 Å². The number of hydrogen-bond donors (Lipinski definition) is 1. The molecule has 0 aliphatic rings. The summed E-state index contributed by atoms with van der Waals surface area (Å²) in [5.41, 5.74) is 3.62. The van der Waals surface area contributed by atoms with Crippen LogP contribution in [0, 0.1) is 6.92 Å². The van der Waals surface area contributed by atoms with Gasteiger partial charge in [0.15, 0.2) is 11.0 Å². The smallest absolute Gasteiger partial charge is 0.234 e. The summed E-state index contributed by atoms with van der Waals surface area (Å²) in [7, 11) is 0. The molecule has 7 nitrogen and oxygen atoms in total. The van der Waals surface area contributed by atoms with Gasteiger partial charge in [0.1, 0.15) is 5.75 Å². The Morgan fingerprint density at radius 2 is 1.84 bits per heavy atom. The minimum atomic E-state index is -0.108. The predicted octanol–water partition coefficient (Wildman–Crippen LogP) is 4.77. The molecule has 0 atom stereocenters. The van der Waals surface area contributed by atoms with Crippen molar-refractivity contribution >= 4 is 23.4 Å². The van der Waals surface area contributed by atoms with Gasteiger partial charge in [-0.25, -0.2) is 0 Å². The Morgan fingerprint density at radius 1 is 1.06 bits per heavy atom. The first-order valence-electron chi connectivity index (χ1n) is 10.2.